The fourth-order valence-electron chi connectivity index (χ4n) is 3.21. The first-order valence-corrected chi connectivity index (χ1v) is 9.38. The van der Waals surface area contributed by atoms with Crippen LogP contribution in [0.1, 0.15) is 43.5 Å². The molecule has 0 spiro atoms. The third kappa shape index (κ3) is 4.91. The number of unbranched alkanes of at least 4 members (excludes halogenated alkanes) is 1. The summed E-state index contributed by atoms with van der Waals surface area (Å²) in [5.74, 6) is -0.00723. The summed E-state index contributed by atoms with van der Waals surface area (Å²) >= 11 is 0. The van der Waals surface area contributed by atoms with Crippen LogP contribution in [-0.2, 0) is 9.53 Å². The van der Waals surface area contributed by atoms with Crippen LogP contribution in [-0.4, -0.2) is 61.9 Å². The number of hydrogen-bond acceptors (Lipinski definition) is 5. The summed E-state index contributed by atoms with van der Waals surface area (Å²) in [6.45, 7) is 5.61. The average molecular weight is 379 g/mol. The van der Waals surface area contributed by atoms with Gasteiger partial charge in [-0.3, -0.25) is 9.59 Å². The lowest BCUT2D eigenvalue weighted by Crippen LogP contribution is -2.40. The lowest BCUT2D eigenvalue weighted by atomic mass is 9.88. The van der Waals surface area contributed by atoms with Crippen molar-refractivity contribution < 1.29 is 28.9 Å². The zero-order valence-corrected chi connectivity index (χ0v) is 16.3. The van der Waals surface area contributed by atoms with Crippen LogP contribution >= 0.6 is 0 Å². The Labute approximate surface area is 160 Å². The smallest absolute Gasteiger partial charge is 0.313 e. The molecule has 1 saturated heterocycles. The highest BCUT2D eigenvalue weighted by Crippen LogP contribution is 2.34. The molecule has 0 aliphatic carbocycles. The van der Waals surface area contributed by atoms with Gasteiger partial charge in [-0.25, -0.2) is 0 Å². The van der Waals surface area contributed by atoms with Crippen LogP contribution in [0.2, 0.25) is 0 Å². The largest absolute Gasteiger partial charge is 0.490 e. The van der Waals surface area contributed by atoms with Crippen LogP contribution < -0.4 is 9.47 Å². The normalized spacial score (nSPS) is 19.1. The zero-order chi connectivity index (χ0) is 19.9. The molecule has 1 unspecified atom stereocenters. The van der Waals surface area contributed by atoms with E-state index < -0.39 is 11.4 Å². The van der Waals surface area contributed by atoms with E-state index in [-0.39, 0.29) is 19.1 Å². The molecule has 0 saturated carbocycles. The minimum Gasteiger partial charge on any atom is -0.490 e. The van der Waals surface area contributed by atoms with Crippen molar-refractivity contribution >= 4 is 11.9 Å². The van der Waals surface area contributed by atoms with Crippen molar-refractivity contribution in [1.29, 1.82) is 0 Å². The van der Waals surface area contributed by atoms with Gasteiger partial charge in [0, 0.05) is 25.8 Å². The molecular formula is C20H29NO6. The number of ether oxygens (including phenoxy) is 3. The number of hydrogen-bond donors (Lipinski definition) is 1. The van der Waals surface area contributed by atoms with Crippen molar-refractivity contribution in [3.63, 3.8) is 0 Å². The number of amides is 1. The van der Waals surface area contributed by atoms with Crippen LogP contribution in [0.25, 0.3) is 0 Å². The first-order chi connectivity index (χ1) is 13.0. The number of carboxylic acid groups (broad SMARTS) is 1. The molecule has 1 fully saturated rings. The molecule has 0 aromatic heterocycles. The number of likely N-dealkylation sites (tertiary alicyclic amines) is 1. The van der Waals surface area contributed by atoms with E-state index in [2.05, 4.69) is 6.92 Å². The number of methoxy groups -OCH3 is 1. The summed E-state index contributed by atoms with van der Waals surface area (Å²) in [7, 11) is 1.47. The molecule has 1 aliphatic heterocycles. The monoisotopic (exact) mass is 379 g/mol. The Morgan fingerprint density at radius 1 is 1.22 bits per heavy atom. The number of carbonyl (C=O) groups is 2. The molecule has 1 N–H and O–H groups in total. The van der Waals surface area contributed by atoms with E-state index >= 15 is 0 Å². The molecule has 1 aliphatic rings. The van der Waals surface area contributed by atoms with Crippen LogP contribution in [0.5, 0.6) is 11.5 Å². The van der Waals surface area contributed by atoms with Crippen molar-refractivity contribution in [2.45, 2.75) is 33.1 Å². The Kier molecular flexibility index (Phi) is 7.47. The van der Waals surface area contributed by atoms with Gasteiger partial charge in [0.25, 0.3) is 5.91 Å². The maximum atomic E-state index is 12.9. The Balaban J connectivity index is 2.16. The number of aliphatic carboxylic acids is 1. The second-order valence-electron chi connectivity index (χ2n) is 6.79. The minimum absolute atomic E-state index is 0.0838. The molecule has 150 valence electrons. The highest BCUT2D eigenvalue weighted by Gasteiger charge is 2.46. The van der Waals surface area contributed by atoms with Crippen molar-refractivity contribution in [2.24, 2.45) is 5.41 Å². The molecule has 7 nitrogen and oxygen atoms in total. The van der Waals surface area contributed by atoms with E-state index in [1.54, 1.807) is 23.1 Å². The molecule has 0 bridgehead atoms. The van der Waals surface area contributed by atoms with Gasteiger partial charge in [-0.05, 0) is 38.0 Å². The van der Waals surface area contributed by atoms with E-state index in [1.807, 2.05) is 6.92 Å². The quantitative estimate of drug-likeness (QED) is 0.629. The summed E-state index contributed by atoms with van der Waals surface area (Å²) < 4.78 is 16.5. The summed E-state index contributed by atoms with van der Waals surface area (Å²) in [5.41, 5.74) is -0.587. The van der Waals surface area contributed by atoms with Gasteiger partial charge in [0.1, 0.15) is 5.41 Å². The van der Waals surface area contributed by atoms with Gasteiger partial charge in [-0.15, -0.1) is 0 Å². The fraction of sp³-hybridized carbons (Fsp3) is 0.600. The third-order valence-electron chi connectivity index (χ3n) is 4.76. The molecule has 7 heteroatoms. The summed E-state index contributed by atoms with van der Waals surface area (Å²) in [6, 6.07) is 5.11. The Bertz CT molecular complexity index is 662. The molecule has 1 amide bonds. The zero-order valence-electron chi connectivity index (χ0n) is 16.3. The van der Waals surface area contributed by atoms with Crippen molar-refractivity contribution in [1.82, 2.24) is 4.90 Å². The summed E-state index contributed by atoms with van der Waals surface area (Å²) in [5, 5.41) is 9.56. The molecular weight excluding hydrogens is 350 g/mol. The topological polar surface area (TPSA) is 85.3 Å². The number of benzene rings is 1. The minimum atomic E-state index is -1.05. The second kappa shape index (κ2) is 9.60. The third-order valence-corrected chi connectivity index (χ3v) is 4.76. The van der Waals surface area contributed by atoms with Crippen molar-refractivity contribution in [2.75, 3.05) is 40.0 Å². The molecule has 1 atom stereocenters. The van der Waals surface area contributed by atoms with Crippen molar-refractivity contribution in [3.05, 3.63) is 23.8 Å². The average Bonchev–Trinajstić information content (AvgIpc) is 3.08. The van der Waals surface area contributed by atoms with Crippen LogP contribution in [0.4, 0.5) is 0 Å². The van der Waals surface area contributed by atoms with Gasteiger partial charge in [0.05, 0.1) is 19.8 Å². The first kappa shape index (κ1) is 21.0. The van der Waals surface area contributed by atoms with Gasteiger partial charge < -0.3 is 24.2 Å². The van der Waals surface area contributed by atoms with E-state index in [9.17, 15) is 14.7 Å². The number of carbonyl (C=O) groups excluding carboxylic acids is 1. The molecule has 1 heterocycles. The van der Waals surface area contributed by atoms with E-state index in [0.717, 1.165) is 12.8 Å². The lowest BCUT2D eigenvalue weighted by molar-refractivity contribution is -0.151. The number of carboxylic acids is 1. The van der Waals surface area contributed by atoms with Gasteiger partial charge in [0.2, 0.25) is 0 Å². The van der Waals surface area contributed by atoms with Gasteiger partial charge in [0.15, 0.2) is 11.5 Å². The van der Waals surface area contributed by atoms with Gasteiger partial charge >= 0.3 is 5.97 Å². The van der Waals surface area contributed by atoms with Crippen LogP contribution in [0.15, 0.2) is 18.2 Å². The number of nitrogens with zero attached hydrogens (tertiary/aromatic N) is 1. The Morgan fingerprint density at radius 2 is 2.00 bits per heavy atom. The lowest BCUT2D eigenvalue weighted by Gasteiger charge is -2.24. The summed E-state index contributed by atoms with van der Waals surface area (Å²) in [4.78, 5) is 26.1. The van der Waals surface area contributed by atoms with Crippen LogP contribution in [0.3, 0.4) is 0 Å². The van der Waals surface area contributed by atoms with Crippen molar-refractivity contribution in [3.8, 4) is 11.5 Å². The SMILES string of the molecule is CCCCOc1ccc(C(=O)N2CCC(COC)(C(=O)O)C2)cc1OCC. The predicted molar refractivity (Wildman–Crippen MR) is 100 cm³/mol. The predicted octanol–water partition coefficient (Wildman–Crippen LogP) is 2.83. The van der Waals surface area contributed by atoms with Gasteiger partial charge in [-0.1, -0.05) is 13.3 Å². The molecule has 2 rings (SSSR count). The van der Waals surface area contributed by atoms with Gasteiger partial charge in [-0.2, -0.15) is 0 Å². The Hall–Kier alpha value is -2.28. The van der Waals surface area contributed by atoms with E-state index in [4.69, 9.17) is 14.2 Å². The highest BCUT2D eigenvalue weighted by molar-refractivity contribution is 5.95. The standard InChI is InChI=1S/C20H29NO6/c1-4-6-11-27-16-8-7-15(12-17(16)26-5-2)18(22)21-10-9-20(13-21,14-25-3)19(23)24/h7-8,12H,4-6,9-11,13-14H2,1-3H3,(H,23,24). The first-order valence-electron chi connectivity index (χ1n) is 9.38. The van der Waals surface area contributed by atoms with E-state index in [1.165, 1.54) is 7.11 Å². The molecule has 27 heavy (non-hydrogen) atoms. The van der Waals surface area contributed by atoms with Crippen LogP contribution in [0, 0.1) is 5.41 Å². The Morgan fingerprint density at radius 3 is 2.63 bits per heavy atom. The fourth-order valence-corrected chi connectivity index (χ4v) is 3.21. The van der Waals surface area contributed by atoms with E-state index in [0.29, 0.717) is 43.2 Å². The molecule has 0 radical (unpaired) electrons. The highest BCUT2D eigenvalue weighted by atomic mass is 16.5. The maximum absolute atomic E-state index is 12.9. The summed E-state index contributed by atoms with van der Waals surface area (Å²) in [6.07, 6.45) is 2.34. The molecule has 1 aromatic rings. The molecule has 1 aromatic carbocycles. The number of rotatable bonds is 10. The maximum Gasteiger partial charge on any atom is 0.313 e. The second-order valence-corrected chi connectivity index (χ2v) is 6.79.